The van der Waals surface area contributed by atoms with E-state index in [1.54, 1.807) is 11.2 Å². The highest BCUT2D eigenvalue weighted by Crippen LogP contribution is 2.16. The second-order valence-electron chi connectivity index (χ2n) is 4.48. The largest absolute Gasteiger partial charge is 0.316 e. The fraction of sp³-hybridized carbons (Fsp3) is 1.00. The molecular weight excluding hydrogens is 224 g/mol. The molecule has 1 fully saturated rings. The topological polar surface area (TPSA) is 49.4 Å². The summed E-state index contributed by atoms with van der Waals surface area (Å²) >= 11 is 0. The van der Waals surface area contributed by atoms with Crippen LogP contribution in [0.1, 0.15) is 39.5 Å². The van der Waals surface area contributed by atoms with Gasteiger partial charge in [0.05, 0.1) is 5.25 Å². The van der Waals surface area contributed by atoms with Crippen LogP contribution in [0.3, 0.4) is 0 Å². The van der Waals surface area contributed by atoms with Gasteiger partial charge in [-0.25, -0.2) is 12.7 Å². The summed E-state index contributed by atoms with van der Waals surface area (Å²) in [6.45, 7) is 6.57. The minimum atomic E-state index is -3.09. The Bertz CT molecular complexity index is 282. The van der Waals surface area contributed by atoms with Gasteiger partial charge in [-0.05, 0) is 26.3 Å². The van der Waals surface area contributed by atoms with Gasteiger partial charge in [-0.3, -0.25) is 0 Å². The summed E-state index contributed by atoms with van der Waals surface area (Å²) in [5.74, 6) is 0. The number of nitrogens with zero attached hydrogens (tertiary/aromatic N) is 1. The highest BCUT2D eigenvalue weighted by molar-refractivity contribution is 7.89. The summed E-state index contributed by atoms with van der Waals surface area (Å²) in [7, 11) is -3.09. The summed E-state index contributed by atoms with van der Waals surface area (Å²) < 4.78 is 26.1. The first-order valence-electron chi connectivity index (χ1n) is 6.28. The highest BCUT2D eigenvalue weighted by atomic mass is 32.2. The lowest BCUT2D eigenvalue weighted by Gasteiger charge is -2.24. The SMILES string of the molecule is CCNCC(C)S(=O)(=O)N1CCCCCC1. The van der Waals surface area contributed by atoms with E-state index in [1.807, 2.05) is 6.92 Å². The molecule has 0 amide bonds. The molecule has 5 heteroatoms. The molecule has 1 saturated heterocycles. The maximum atomic E-state index is 12.2. The number of rotatable bonds is 5. The maximum absolute atomic E-state index is 12.2. The van der Waals surface area contributed by atoms with Crippen molar-refractivity contribution in [2.75, 3.05) is 26.2 Å². The molecule has 96 valence electrons. The first-order valence-corrected chi connectivity index (χ1v) is 7.79. The lowest BCUT2D eigenvalue weighted by atomic mass is 10.2. The van der Waals surface area contributed by atoms with Gasteiger partial charge in [0.15, 0.2) is 0 Å². The maximum Gasteiger partial charge on any atom is 0.217 e. The molecule has 0 spiro atoms. The molecule has 0 aliphatic carbocycles. The average molecular weight is 248 g/mol. The summed E-state index contributed by atoms with van der Waals surface area (Å²) in [5.41, 5.74) is 0. The van der Waals surface area contributed by atoms with E-state index in [0.29, 0.717) is 19.6 Å². The Morgan fingerprint density at radius 3 is 2.25 bits per heavy atom. The zero-order chi connectivity index (χ0) is 12.0. The van der Waals surface area contributed by atoms with E-state index in [9.17, 15) is 8.42 Å². The van der Waals surface area contributed by atoms with Crippen molar-refractivity contribution < 1.29 is 8.42 Å². The van der Waals surface area contributed by atoms with Gasteiger partial charge in [-0.15, -0.1) is 0 Å². The van der Waals surface area contributed by atoms with Crippen LogP contribution >= 0.6 is 0 Å². The fourth-order valence-electron chi connectivity index (χ4n) is 2.00. The smallest absolute Gasteiger partial charge is 0.217 e. The molecule has 1 heterocycles. The molecule has 0 radical (unpaired) electrons. The molecule has 0 aromatic heterocycles. The molecule has 1 rings (SSSR count). The molecule has 1 aliphatic rings. The van der Waals surface area contributed by atoms with Gasteiger partial charge in [0.2, 0.25) is 10.0 Å². The second-order valence-corrected chi connectivity index (χ2v) is 6.83. The molecule has 0 bridgehead atoms. The summed E-state index contributed by atoms with van der Waals surface area (Å²) in [5, 5.41) is 2.79. The second kappa shape index (κ2) is 6.57. The zero-order valence-corrected chi connectivity index (χ0v) is 11.2. The van der Waals surface area contributed by atoms with Gasteiger partial charge < -0.3 is 5.32 Å². The van der Waals surface area contributed by atoms with Crippen molar-refractivity contribution in [2.45, 2.75) is 44.8 Å². The first kappa shape index (κ1) is 13.9. The molecule has 0 aromatic rings. The third-order valence-electron chi connectivity index (χ3n) is 3.12. The zero-order valence-electron chi connectivity index (χ0n) is 10.4. The molecule has 0 aromatic carbocycles. The monoisotopic (exact) mass is 248 g/mol. The summed E-state index contributed by atoms with van der Waals surface area (Å²) in [4.78, 5) is 0. The molecule has 1 unspecified atom stereocenters. The Hall–Kier alpha value is -0.130. The van der Waals surface area contributed by atoms with E-state index in [-0.39, 0.29) is 5.25 Å². The van der Waals surface area contributed by atoms with Crippen LogP contribution in [0.15, 0.2) is 0 Å². The molecule has 1 atom stereocenters. The van der Waals surface area contributed by atoms with Gasteiger partial charge in [0.1, 0.15) is 0 Å². The Labute approximate surface area is 99.5 Å². The van der Waals surface area contributed by atoms with Crippen molar-refractivity contribution >= 4 is 10.0 Å². The van der Waals surface area contributed by atoms with Crippen LogP contribution < -0.4 is 5.32 Å². The molecule has 0 saturated carbocycles. The number of hydrogen-bond donors (Lipinski definition) is 1. The van der Waals surface area contributed by atoms with Crippen molar-refractivity contribution in [1.82, 2.24) is 9.62 Å². The predicted octanol–water partition coefficient (Wildman–Crippen LogP) is 1.19. The van der Waals surface area contributed by atoms with E-state index in [2.05, 4.69) is 5.32 Å². The Morgan fingerprint density at radius 1 is 1.19 bits per heavy atom. The minimum Gasteiger partial charge on any atom is -0.316 e. The van der Waals surface area contributed by atoms with Crippen LogP contribution in [0.2, 0.25) is 0 Å². The molecule has 1 N–H and O–H groups in total. The van der Waals surface area contributed by atoms with Crippen LogP contribution in [0.25, 0.3) is 0 Å². The molecule has 16 heavy (non-hydrogen) atoms. The Morgan fingerprint density at radius 2 is 1.75 bits per heavy atom. The van der Waals surface area contributed by atoms with Gasteiger partial charge in [0, 0.05) is 19.6 Å². The predicted molar refractivity (Wildman–Crippen MR) is 67.0 cm³/mol. The number of hydrogen-bond acceptors (Lipinski definition) is 3. The van der Waals surface area contributed by atoms with Crippen LogP contribution in [0, 0.1) is 0 Å². The van der Waals surface area contributed by atoms with Crippen molar-refractivity contribution in [3.05, 3.63) is 0 Å². The van der Waals surface area contributed by atoms with E-state index >= 15 is 0 Å². The van der Waals surface area contributed by atoms with Gasteiger partial charge in [-0.2, -0.15) is 0 Å². The number of sulfonamides is 1. The van der Waals surface area contributed by atoms with Crippen molar-refractivity contribution in [3.63, 3.8) is 0 Å². The van der Waals surface area contributed by atoms with Crippen molar-refractivity contribution in [2.24, 2.45) is 0 Å². The lowest BCUT2D eigenvalue weighted by molar-refractivity contribution is 0.415. The molecule has 1 aliphatic heterocycles. The van der Waals surface area contributed by atoms with Crippen LogP contribution in [0.4, 0.5) is 0 Å². The number of nitrogens with one attached hydrogen (secondary N) is 1. The normalized spacial score (nSPS) is 21.6. The van der Waals surface area contributed by atoms with E-state index in [4.69, 9.17) is 0 Å². The van der Waals surface area contributed by atoms with Gasteiger partial charge in [0.25, 0.3) is 0 Å². The third-order valence-corrected chi connectivity index (χ3v) is 5.38. The Kier molecular flexibility index (Phi) is 5.72. The minimum absolute atomic E-state index is 0.314. The van der Waals surface area contributed by atoms with Crippen LogP contribution in [-0.4, -0.2) is 44.2 Å². The van der Waals surface area contributed by atoms with Crippen molar-refractivity contribution in [1.29, 1.82) is 0 Å². The first-order chi connectivity index (χ1) is 7.59. The van der Waals surface area contributed by atoms with Crippen LogP contribution in [0.5, 0.6) is 0 Å². The average Bonchev–Trinajstić information content (AvgIpc) is 2.54. The molecular formula is C11H24N2O2S. The van der Waals surface area contributed by atoms with E-state index < -0.39 is 10.0 Å². The third kappa shape index (κ3) is 3.71. The van der Waals surface area contributed by atoms with Crippen molar-refractivity contribution in [3.8, 4) is 0 Å². The van der Waals surface area contributed by atoms with Gasteiger partial charge in [-0.1, -0.05) is 19.8 Å². The molecule has 4 nitrogen and oxygen atoms in total. The fourth-order valence-corrected chi connectivity index (χ4v) is 3.61. The standard InChI is InChI=1S/C11H24N2O2S/c1-3-12-10-11(2)16(14,15)13-8-6-4-5-7-9-13/h11-12H,3-10H2,1-2H3. The Balaban J connectivity index is 2.59. The van der Waals surface area contributed by atoms with E-state index in [0.717, 1.165) is 32.2 Å². The highest BCUT2D eigenvalue weighted by Gasteiger charge is 2.28. The lowest BCUT2D eigenvalue weighted by Crippen LogP contribution is -2.42. The quantitative estimate of drug-likeness (QED) is 0.795. The van der Waals surface area contributed by atoms with E-state index in [1.165, 1.54) is 0 Å². The van der Waals surface area contributed by atoms with Gasteiger partial charge >= 0.3 is 0 Å². The summed E-state index contributed by atoms with van der Waals surface area (Å²) in [6, 6.07) is 0. The summed E-state index contributed by atoms with van der Waals surface area (Å²) in [6.07, 6.45) is 4.33. The van der Waals surface area contributed by atoms with Crippen LogP contribution in [-0.2, 0) is 10.0 Å².